The van der Waals surface area contributed by atoms with Gasteiger partial charge in [-0.2, -0.15) is 0 Å². The van der Waals surface area contributed by atoms with Crippen molar-refractivity contribution in [2.24, 2.45) is 0 Å². The van der Waals surface area contributed by atoms with E-state index in [-0.39, 0.29) is 0 Å². The van der Waals surface area contributed by atoms with Gasteiger partial charge < -0.3 is 14.0 Å². The number of nitrogens with zero attached hydrogens (tertiary/aromatic N) is 2. The third kappa shape index (κ3) is 3.63. The van der Waals surface area contributed by atoms with Crippen LogP contribution in [0.2, 0.25) is 5.02 Å². The number of ether oxygens (including phenoxy) is 2. The van der Waals surface area contributed by atoms with Crippen LogP contribution in [0.3, 0.4) is 0 Å². The van der Waals surface area contributed by atoms with Gasteiger partial charge in [0, 0.05) is 31.5 Å². The number of fused-ring (bicyclic) bond motifs is 1. The summed E-state index contributed by atoms with van der Waals surface area (Å²) in [7, 11) is 3.40. The fourth-order valence-corrected chi connectivity index (χ4v) is 2.91. The minimum atomic E-state index is 0.659. The molecule has 2 aromatic rings. The molecule has 6 heteroatoms. The first-order valence-corrected chi connectivity index (χ1v) is 7.39. The molecule has 1 heterocycles. The molecule has 4 nitrogen and oxygen atoms in total. The van der Waals surface area contributed by atoms with Crippen molar-refractivity contribution < 1.29 is 9.47 Å². The number of imidazole rings is 1. The summed E-state index contributed by atoms with van der Waals surface area (Å²) in [6, 6.07) is 5.78. The summed E-state index contributed by atoms with van der Waals surface area (Å²) in [5, 5.41) is 1.68. The molecule has 0 fully saturated rings. The average Bonchev–Trinajstić information content (AvgIpc) is 2.73. The minimum absolute atomic E-state index is 0.659. The van der Waals surface area contributed by atoms with Crippen molar-refractivity contribution in [3.05, 3.63) is 23.2 Å². The average molecular weight is 301 g/mol. The van der Waals surface area contributed by atoms with E-state index in [1.807, 2.05) is 18.2 Å². The van der Waals surface area contributed by atoms with Crippen LogP contribution in [-0.2, 0) is 16.0 Å². The number of benzene rings is 1. The van der Waals surface area contributed by atoms with Gasteiger partial charge in [-0.25, -0.2) is 4.98 Å². The van der Waals surface area contributed by atoms with Gasteiger partial charge in [-0.1, -0.05) is 23.4 Å². The fourth-order valence-electron chi connectivity index (χ4n) is 1.81. The molecule has 0 saturated carbocycles. The molecule has 0 amide bonds. The van der Waals surface area contributed by atoms with Crippen molar-refractivity contribution in [3.8, 4) is 0 Å². The molecule has 0 aliphatic heterocycles. The lowest BCUT2D eigenvalue weighted by molar-refractivity contribution is 0.186. The van der Waals surface area contributed by atoms with Gasteiger partial charge in [-0.3, -0.25) is 0 Å². The maximum Gasteiger partial charge on any atom is 0.169 e. The second-order valence-corrected chi connectivity index (χ2v) is 5.51. The Balaban J connectivity index is 2.30. The second kappa shape index (κ2) is 7.14. The molecule has 0 atom stereocenters. The molecule has 1 aromatic heterocycles. The monoisotopic (exact) mass is 300 g/mol. The predicted octanol–water partition coefficient (Wildman–Crippen LogP) is 3.07. The lowest BCUT2D eigenvalue weighted by atomic mass is 10.3. The number of halogens is 1. The Labute approximate surface area is 122 Å². The number of hydrogen-bond acceptors (Lipinski definition) is 4. The fraction of sp³-hybridized carbons (Fsp3) is 0.462. The molecular weight excluding hydrogens is 284 g/mol. The Hall–Kier alpha value is -0.750. The standard InChI is InChI=1S/C13H17ClN2O2S/c1-17-6-5-16-12-4-3-10(14)9-11(12)15-13(16)19-8-7-18-2/h3-4,9H,5-8H2,1-2H3. The highest BCUT2D eigenvalue weighted by atomic mass is 35.5. The Kier molecular flexibility index (Phi) is 5.51. The van der Waals surface area contributed by atoms with Crippen LogP contribution in [0.25, 0.3) is 11.0 Å². The normalized spacial score (nSPS) is 11.3. The molecule has 104 valence electrons. The lowest BCUT2D eigenvalue weighted by Crippen LogP contribution is -2.06. The number of rotatable bonds is 7. The molecule has 0 aliphatic rings. The minimum Gasteiger partial charge on any atom is -0.384 e. The zero-order valence-corrected chi connectivity index (χ0v) is 12.6. The van der Waals surface area contributed by atoms with Crippen LogP contribution in [0, 0.1) is 0 Å². The van der Waals surface area contributed by atoms with E-state index in [4.69, 9.17) is 21.1 Å². The number of hydrogen-bond donors (Lipinski definition) is 0. The van der Waals surface area contributed by atoms with Gasteiger partial charge >= 0.3 is 0 Å². The Bertz CT molecular complexity index is 545. The third-order valence-electron chi connectivity index (χ3n) is 2.71. The van der Waals surface area contributed by atoms with Crippen molar-refractivity contribution in [3.63, 3.8) is 0 Å². The SMILES string of the molecule is COCCSc1nc2cc(Cl)ccc2n1CCOC. The molecule has 0 bridgehead atoms. The molecule has 0 aliphatic carbocycles. The lowest BCUT2D eigenvalue weighted by Gasteiger charge is -2.07. The topological polar surface area (TPSA) is 36.3 Å². The summed E-state index contributed by atoms with van der Waals surface area (Å²) in [6.45, 7) is 2.15. The molecule has 0 saturated heterocycles. The van der Waals surface area contributed by atoms with E-state index >= 15 is 0 Å². The number of thioether (sulfide) groups is 1. The van der Waals surface area contributed by atoms with E-state index in [1.54, 1.807) is 26.0 Å². The van der Waals surface area contributed by atoms with Crippen molar-refractivity contribution in [2.75, 3.05) is 33.2 Å². The summed E-state index contributed by atoms with van der Waals surface area (Å²) in [5.41, 5.74) is 2.00. The van der Waals surface area contributed by atoms with Gasteiger partial charge in [-0.15, -0.1) is 0 Å². The smallest absolute Gasteiger partial charge is 0.169 e. The molecular formula is C13H17ClN2O2S. The van der Waals surface area contributed by atoms with Crippen LogP contribution in [0.15, 0.2) is 23.4 Å². The molecule has 0 radical (unpaired) electrons. The predicted molar refractivity (Wildman–Crippen MR) is 79.2 cm³/mol. The third-order valence-corrected chi connectivity index (χ3v) is 3.89. The maximum absolute atomic E-state index is 6.01. The van der Waals surface area contributed by atoms with Gasteiger partial charge in [0.15, 0.2) is 5.16 Å². The van der Waals surface area contributed by atoms with E-state index < -0.39 is 0 Å². The zero-order valence-electron chi connectivity index (χ0n) is 11.1. The Morgan fingerprint density at radius 2 is 2.05 bits per heavy atom. The molecule has 2 rings (SSSR count). The van der Waals surface area contributed by atoms with Crippen LogP contribution in [0.5, 0.6) is 0 Å². The first kappa shape index (κ1) is 14.7. The number of aromatic nitrogens is 2. The van der Waals surface area contributed by atoms with E-state index in [9.17, 15) is 0 Å². The second-order valence-electron chi connectivity index (χ2n) is 4.01. The summed E-state index contributed by atoms with van der Waals surface area (Å²) in [6.07, 6.45) is 0. The van der Waals surface area contributed by atoms with Gasteiger partial charge in [0.25, 0.3) is 0 Å². The van der Waals surface area contributed by atoms with Crippen LogP contribution in [0.4, 0.5) is 0 Å². The van der Waals surface area contributed by atoms with E-state index in [1.165, 1.54) is 0 Å². The highest BCUT2D eigenvalue weighted by Gasteiger charge is 2.11. The summed E-state index contributed by atoms with van der Waals surface area (Å²) < 4.78 is 12.4. The van der Waals surface area contributed by atoms with Gasteiger partial charge in [0.2, 0.25) is 0 Å². The van der Waals surface area contributed by atoms with Gasteiger partial charge in [-0.05, 0) is 18.2 Å². The summed E-state index contributed by atoms with van der Waals surface area (Å²) >= 11 is 7.69. The first-order valence-electron chi connectivity index (χ1n) is 6.02. The highest BCUT2D eigenvalue weighted by Crippen LogP contribution is 2.26. The van der Waals surface area contributed by atoms with E-state index in [0.717, 1.165) is 28.5 Å². The van der Waals surface area contributed by atoms with Crippen LogP contribution < -0.4 is 0 Å². The summed E-state index contributed by atoms with van der Waals surface area (Å²) in [4.78, 5) is 4.63. The molecule has 19 heavy (non-hydrogen) atoms. The molecule has 0 N–H and O–H groups in total. The van der Waals surface area contributed by atoms with Crippen LogP contribution >= 0.6 is 23.4 Å². The van der Waals surface area contributed by atoms with E-state index in [0.29, 0.717) is 18.2 Å². The molecule has 1 aromatic carbocycles. The first-order chi connectivity index (χ1) is 9.26. The number of methoxy groups -OCH3 is 2. The summed E-state index contributed by atoms with van der Waals surface area (Å²) in [5.74, 6) is 0.876. The quantitative estimate of drug-likeness (QED) is 0.581. The van der Waals surface area contributed by atoms with Gasteiger partial charge in [0.1, 0.15) is 0 Å². The molecule has 0 unspecified atom stereocenters. The Morgan fingerprint density at radius 3 is 2.79 bits per heavy atom. The van der Waals surface area contributed by atoms with Crippen LogP contribution in [-0.4, -0.2) is 42.7 Å². The van der Waals surface area contributed by atoms with Crippen molar-refractivity contribution >= 4 is 34.4 Å². The van der Waals surface area contributed by atoms with Crippen LogP contribution in [0.1, 0.15) is 0 Å². The largest absolute Gasteiger partial charge is 0.384 e. The van der Waals surface area contributed by atoms with E-state index in [2.05, 4.69) is 9.55 Å². The maximum atomic E-state index is 6.01. The van der Waals surface area contributed by atoms with Crippen molar-refractivity contribution in [1.29, 1.82) is 0 Å². The van der Waals surface area contributed by atoms with Crippen molar-refractivity contribution in [1.82, 2.24) is 9.55 Å². The molecule has 0 spiro atoms. The van der Waals surface area contributed by atoms with Gasteiger partial charge in [0.05, 0.1) is 24.2 Å². The van der Waals surface area contributed by atoms with Crippen molar-refractivity contribution in [2.45, 2.75) is 11.7 Å². The zero-order chi connectivity index (χ0) is 13.7. The highest BCUT2D eigenvalue weighted by molar-refractivity contribution is 7.99. The Morgan fingerprint density at radius 1 is 1.26 bits per heavy atom.